The van der Waals surface area contributed by atoms with Crippen molar-refractivity contribution < 1.29 is 14.3 Å². The molecule has 1 saturated heterocycles. The Balaban J connectivity index is 2.13. The Labute approximate surface area is 168 Å². The molecular weight excluding hydrogens is 338 g/mol. The standard InChI is InChI=1S/C23H45NO3/c1-6-7-8-9-10-11-12-13-14-15-16-17-21-18-22(19(2)24-20(3)25)27-23(4,5)26-21/h19,21-22H,6-18H2,1-5H3,(H,24,25)/t19-,21-,22-/m0/s1. The highest BCUT2D eigenvalue weighted by Gasteiger charge is 2.37. The van der Waals surface area contributed by atoms with Gasteiger partial charge in [-0.15, -0.1) is 0 Å². The lowest BCUT2D eigenvalue weighted by molar-refractivity contribution is -0.303. The van der Waals surface area contributed by atoms with Crippen molar-refractivity contribution >= 4 is 5.91 Å². The highest BCUT2D eigenvalue weighted by Crippen LogP contribution is 2.30. The Kier molecular flexibility index (Phi) is 12.3. The maximum atomic E-state index is 11.3. The van der Waals surface area contributed by atoms with Gasteiger partial charge >= 0.3 is 0 Å². The van der Waals surface area contributed by atoms with Crippen molar-refractivity contribution in [3.05, 3.63) is 0 Å². The highest BCUT2D eigenvalue weighted by atomic mass is 16.7. The Morgan fingerprint density at radius 3 is 2.00 bits per heavy atom. The molecule has 1 fully saturated rings. The fraction of sp³-hybridized carbons (Fsp3) is 0.957. The van der Waals surface area contributed by atoms with Gasteiger partial charge < -0.3 is 14.8 Å². The van der Waals surface area contributed by atoms with E-state index < -0.39 is 5.79 Å². The Bertz CT molecular complexity index is 397. The monoisotopic (exact) mass is 383 g/mol. The third kappa shape index (κ3) is 11.7. The zero-order chi connectivity index (χ0) is 20.1. The quantitative estimate of drug-likeness (QED) is 0.367. The molecule has 0 unspecified atom stereocenters. The molecule has 1 aliphatic heterocycles. The summed E-state index contributed by atoms with van der Waals surface area (Å²) in [7, 11) is 0. The van der Waals surface area contributed by atoms with Crippen LogP contribution < -0.4 is 5.32 Å². The lowest BCUT2D eigenvalue weighted by atomic mass is 9.98. The van der Waals surface area contributed by atoms with Gasteiger partial charge in [0.1, 0.15) is 0 Å². The third-order valence-corrected chi connectivity index (χ3v) is 5.50. The molecule has 1 aliphatic rings. The first-order valence-electron chi connectivity index (χ1n) is 11.5. The van der Waals surface area contributed by atoms with E-state index in [1.165, 1.54) is 70.6 Å². The third-order valence-electron chi connectivity index (χ3n) is 5.50. The van der Waals surface area contributed by atoms with Crippen molar-refractivity contribution in [2.45, 2.75) is 142 Å². The Hall–Kier alpha value is -0.610. The molecule has 0 aromatic heterocycles. The first-order valence-corrected chi connectivity index (χ1v) is 11.5. The van der Waals surface area contributed by atoms with Gasteiger partial charge in [-0.05, 0) is 27.2 Å². The van der Waals surface area contributed by atoms with Crippen molar-refractivity contribution in [1.29, 1.82) is 0 Å². The lowest BCUT2D eigenvalue weighted by Crippen LogP contribution is -2.52. The first-order chi connectivity index (χ1) is 12.8. The summed E-state index contributed by atoms with van der Waals surface area (Å²) in [4.78, 5) is 11.3. The fourth-order valence-corrected chi connectivity index (χ4v) is 4.08. The van der Waals surface area contributed by atoms with Gasteiger partial charge in [-0.25, -0.2) is 0 Å². The summed E-state index contributed by atoms with van der Waals surface area (Å²) in [6, 6.07) is 0.0190. The molecule has 1 heterocycles. The van der Waals surface area contributed by atoms with Crippen LogP contribution in [-0.2, 0) is 14.3 Å². The summed E-state index contributed by atoms with van der Waals surface area (Å²) in [5.41, 5.74) is 0. The number of ether oxygens (including phenoxy) is 2. The summed E-state index contributed by atoms with van der Waals surface area (Å²) in [5, 5.41) is 2.96. The number of hydrogen-bond acceptors (Lipinski definition) is 3. The van der Waals surface area contributed by atoms with Crippen molar-refractivity contribution in [3.63, 3.8) is 0 Å². The summed E-state index contributed by atoms with van der Waals surface area (Å²) in [6.07, 6.45) is 17.2. The van der Waals surface area contributed by atoms with E-state index in [1.807, 2.05) is 20.8 Å². The lowest BCUT2D eigenvalue weighted by Gasteiger charge is -2.43. The topological polar surface area (TPSA) is 47.6 Å². The maximum Gasteiger partial charge on any atom is 0.217 e. The average molecular weight is 384 g/mol. The number of rotatable bonds is 14. The molecule has 160 valence electrons. The first kappa shape index (κ1) is 24.4. The molecule has 0 aromatic rings. The molecule has 0 aliphatic carbocycles. The normalized spacial score (nSPS) is 23.1. The second-order valence-electron chi connectivity index (χ2n) is 8.85. The Morgan fingerprint density at radius 2 is 1.48 bits per heavy atom. The van der Waals surface area contributed by atoms with Crippen molar-refractivity contribution in [3.8, 4) is 0 Å². The smallest absolute Gasteiger partial charge is 0.217 e. The van der Waals surface area contributed by atoms with Crippen LogP contribution in [-0.4, -0.2) is 29.9 Å². The molecule has 0 saturated carbocycles. The highest BCUT2D eigenvalue weighted by molar-refractivity contribution is 5.73. The molecule has 0 radical (unpaired) electrons. The predicted molar refractivity (Wildman–Crippen MR) is 113 cm³/mol. The molecule has 0 aromatic carbocycles. The van der Waals surface area contributed by atoms with E-state index in [0.29, 0.717) is 0 Å². The molecule has 1 N–H and O–H groups in total. The number of amides is 1. The van der Waals surface area contributed by atoms with Crippen LogP contribution in [0.2, 0.25) is 0 Å². The minimum absolute atomic E-state index is 0.00249. The molecule has 4 heteroatoms. The van der Waals surface area contributed by atoms with Crippen LogP contribution in [0.15, 0.2) is 0 Å². The van der Waals surface area contributed by atoms with Gasteiger partial charge in [0.2, 0.25) is 5.91 Å². The van der Waals surface area contributed by atoms with Crippen LogP contribution in [0.5, 0.6) is 0 Å². The van der Waals surface area contributed by atoms with E-state index in [-0.39, 0.29) is 24.2 Å². The summed E-state index contributed by atoms with van der Waals surface area (Å²) < 4.78 is 12.2. The summed E-state index contributed by atoms with van der Waals surface area (Å²) >= 11 is 0. The minimum atomic E-state index is -0.571. The van der Waals surface area contributed by atoms with E-state index in [4.69, 9.17) is 9.47 Å². The van der Waals surface area contributed by atoms with E-state index in [1.54, 1.807) is 6.92 Å². The van der Waals surface area contributed by atoms with E-state index >= 15 is 0 Å². The van der Waals surface area contributed by atoms with Crippen LogP contribution >= 0.6 is 0 Å². The number of nitrogens with one attached hydrogen (secondary N) is 1. The van der Waals surface area contributed by atoms with Crippen molar-refractivity contribution in [2.24, 2.45) is 0 Å². The van der Waals surface area contributed by atoms with Gasteiger partial charge in [0.15, 0.2) is 5.79 Å². The average Bonchev–Trinajstić information content (AvgIpc) is 2.57. The van der Waals surface area contributed by atoms with Gasteiger partial charge in [0.25, 0.3) is 0 Å². The molecule has 1 amide bonds. The number of unbranched alkanes of at least 4 members (excludes halogenated alkanes) is 10. The molecule has 0 spiro atoms. The van der Waals surface area contributed by atoms with Gasteiger partial charge in [-0.1, -0.05) is 77.6 Å². The Morgan fingerprint density at radius 1 is 0.963 bits per heavy atom. The second-order valence-corrected chi connectivity index (χ2v) is 8.85. The minimum Gasteiger partial charge on any atom is -0.351 e. The van der Waals surface area contributed by atoms with Gasteiger partial charge in [0.05, 0.1) is 18.2 Å². The zero-order valence-corrected chi connectivity index (χ0v) is 18.6. The van der Waals surface area contributed by atoms with Crippen molar-refractivity contribution in [2.75, 3.05) is 0 Å². The van der Waals surface area contributed by atoms with Gasteiger partial charge in [-0.3, -0.25) is 4.79 Å². The number of carbonyl (C=O) groups is 1. The molecule has 1 rings (SSSR count). The van der Waals surface area contributed by atoms with Crippen molar-refractivity contribution in [1.82, 2.24) is 5.32 Å². The van der Waals surface area contributed by atoms with Gasteiger partial charge in [-0.2, -0.15) is 0 Å². The second kappa shape index (κ2) is 13.5. The predicted octanol–water partition coefficient (Wildman–Crippen LogP) is 6.12. The summed E-state index contributed by atoms with van der Waals surface area (Å²) in [5.74, 6) is -0.574. The van der Waals surface area contributed by atoms with Crippen LogP contribution in [0.3, 0.4) is 0 Å². The zero-order valence-electron chi connectivity index (χ0n) is 18.6. The van der Waals surface area contributed by atoms with E-state index in [0.717, 1.165) is 12.8 Å². The van der Waals surface area contributed by atoms with Crippen LogP contribution in [0, 0.1) is 0 Å². The molecule has 0 bridgehead atoms. The fourth-order valence-electron chi connectivity index (χ4n) is 4.08. The molecule has 4 nitrogen and oxygen atoms in total. The SMILES string of the molecule is CCCCCCCCCCCCC[C@H]1C[C@@H]([C@H](C)NC(C)=O)OC(C)(C)O1. The van der Waals surface area contributed by atoms with Crippen LogP contribution in [0.4, 0.5) is 0 Å². The van der Waals surface area contributed by atoms with Crippen LogP contribution in [0.25, 0.3) is 0 Å². The van der Waals surface area contributed by atoms with E-state index in [2.05, 4.69) is 12.2 Å². The van der Waals surface area contributed by atoms with Gasteiger partial charge in [0, 0.05) is 13.3 Å². The molecular formula is C23H45NO3. The molecule has 3 atom stereocenters. The number of hydrogen-bond donors (Lipinski definition) is 1. The number of carbonyl (C=O) groups excluding carboxylic acids is 1. The largest absolute Gasteiger partial charge is 0.351 e. The van der Waals surface area contributed by atoms with E-state index in [9.17, 15) is 4.79 Å². The maximum absolute atomic E-state index is 11.3. The molecule has 27 heavy (non-hydrogen) atoms. The van der Waals surface area contributed by atoms with Crippen LogP contribution in [0.1, 0.15) is 118 Å². The summed E-state index contributed by atoms with van der Waals surface area (Å²) in [6.45, 7) is 9.81.